The Hall–Kier alpha value is -1.42. The van der Waals surface area contributed by atoms with Crippen LogP contribution in [0.15, 0.2) is 18.2 Å². The van der Waals surface area contributed by atoms with Gasteiger partial charge >= 0.3 is 0 Å². The van der Waals surface area contributed by atoms with E-state index < -0.39 is 11.4 Å². The molecule has 0 radical (unpaired) electrons. The van der Waals surface area contributed by atoms with Crippen LogP contribution in [0.25, 0.3) is 0 Å². The summed E-state index contributed by atoms with van der Waals surface area (Å²) in [6.07, 6.45) is 0.592. The molecule has 0 aliphatic heterocycles. The van der Waals surface area contributed by atoms with Crippen molar-refractivity contribution in [3.8, 4) is 11.5 Å². The van der Waals surface area contributed by atoms with Crippen LogP contribution in [0, 0.1) is 0 Å². The standard InChI is InChI=1S/C12H16ClNO3/c1-12(2,6-7-13)14-11(17)10-8(15)4-3-5-9(10)16/h3-5,15-16H,6-7H2,1-2H3,(H,14,17). The predicted molar refractivity (Wildman–Crippen MR) is 66.7 cm³/mol. The number of phenols is 2. The molecule has 0 saturated carbocycles. The highest BCUT2D eigenvalue weighted by Gasteiger charge is 2.24. The van der Waals surface area contributed by atoms with Gasteiger partial charge in [0, 0.05) is 11.4 Å². The van der Waals surface area contributed by atoms with Gasteiger partial charge in [-0.1, -0.05) is 6.07 Å². The van der Waals surface area contributed by atoms with Gasteiger partial charge in [0.05, 0.1) is 0 Å². The number of hydrogen-bond acceptors (Lipinski definition) is 3. The molecule has 1 aromatic rings. The zero-order valence-electron chi connectivity index (χ0n) is 9.83. The first-order valence-corrected chi connectivity index (χ1v) is 5.80. The second kappa shape index (κ2) is 5.27. The van der Waals surface area contributed by atoms with Crippen molar-refractivity contribution in [2.45, 2.75) is 25.8 Å². The number of carbonyl (C=O) groups is 1. The Morgan fingerprint density at radius 3 is 2.35 bits per heavy atom. The Morgan fingerprint density at radius 2 is 1.88 bits per heavy atom. The van der Waals surface area contributed by atoms with E-state index >= 15 is 0 Å². The number of phenolic OH excluding ortho intramolecular Hbond substituents is 2. The van der Waals surface area contributed by atoms with Crippen molar-refractivity contribution in [3.63, 3.8) is 0 Å². The van der Waals surface area contributed by atoms with Gasteiger partial charge < -0.3 is 15.5 Å². The van der Waals surface area contributed by atoms with E-state index in [-0.39, 0.29) is 17.1 Å². The molecule has 0 aliphatic rings. The second-order valence-electron chi connectivity index (χ2n) is 4.45. The van der Waals surface area contributed by atoms with Crippen molar-refractivity contribution in [1.82, 2.24) is 5.32 Å². The summed E-state index contributed by atoms with van der Waals surface area (Å²) in [6.45, 7) is 3.65. The summed E-state index contributed by atoms with van der Waals surface area (Å²) < 4.78 is 0. The van der Waals surface area contributed by atoms with Crippen LogP contribution in [-0.4, -0.2) is 27.5 Å². The summed E-state index contributed by atoms with van der Waals surface area (Å²) in [5.74, 6) is -0.593. The number of hydrogen-bond donors (Lipinski definition) is 3. The number of halogens is 1. The lowest BCUT2D eigenvalue weighted by molar-refractivity contribution is 0.0906. The van der Waals surface area contributed by atoms with Gasteiger partial charge in [-0.15, -0.1) is 11.6 Å². The van der Waals surface area contributed by atoms with E-state index in [1.165, 1.54) is 18.2 Å². The molecular formula is C12H16ClNO3. The Labute approximate surface area is 105 Å². The first-order chi connectivity index (χ1) is 7.87. The summed E-state index contributed by atoms with van der Waals surface area (Å²) in [6, 6.07) is 4.16. The maximum atomic E-state index is 11.9. The van der Waals surface area contributed by atoms with Crippen LogP contribution in [0.1, 0.15) is 30.6 Å². The van der Waals surface area contributed by atoms with E-state index in [0.29, 0.717) is 12.3 Å². The zero-order valence-corrected chi connectivity index (χ0v) is 10.6. The second-order valence-corrected chi connectivity index (χ2v) is 4.83. The summed E-state index contributed by atoms with van der Waals surface area (Å²) in [5, 5.41) is 21.8. The minimum atomic E-state index is -0.518. The van der Waals surface area contributed by atoms with Crippen molar-refractivity contribution < 1.29 is 15.0 Å². The minimum Gasteiger partial charge on any atom is -0.507 e. The maximum absolute atomic E-state index is 11.9. The molecule has 0 spiro atoms. The number of benzene rings is 1. The van der Waals surface area contributed by atoms with Crippen LogP contribution in [0.2, 0.25) is 0 Å². The van der Waals surface area contributed by atoms with Crippen LogP contribution in [0.4, 0.5) is 0 Å². The highest BCUT2D eigenvalue weighted by atomic mass is 35.5. The molecule has 0 unspecified atom stereocenters. The average Bonchev–Trinajstić information content (AvgIpc) is 2.15. The molecule has 1 rings (SSSR count). The van der Waals surface area contributed by atoms with Gasteiger partial charge in [-0.2, -0.15) is 0 Å². The van der Waals surface area contributed by atoms with Crippen molar-refractivity contribution in [2.75, 3.05) is 5.88 Å². The Morgan fingerprint density at radius 1 is 1.35 bits per heavy atom. The smallest absolute Gasteiger partial charge is 0.259 e. The number of carbonyl (C=O) groups excluding carboxylic acids is 1. The van der Waals surface area contributed by atoms with Gasteiger partial charge in [0.2, 0.25) is 0 Å². The van der Waals surface area contributed by atoms with Crippen LogP contribution < -0.4 is 5.32 Å². The number of amides is 1. The zero-order chi connectivity index (χ0) is 13.1. The van der Waals surface area contributed by atoms with Crippen molar-refractivity contribution >= 4 is 17.5 Å². The third kappa shape index (κ3) is 3.53. The molecule has 0 aromatic heterocycles. The minimum absolute atomic E-state index is 0.116. The van der Waals surface area contributed by atoms with Crippen molar-refractivity contribution in [3.05, 3.63) is 23.8 Å². The van der Waals surface area contributed by atoms with Crippen LogP contribution in [0.5, 0.6) is 11.5 Å². The molecule has 0 saturated heterocycles. The lowest BCUT2D eigenvalue weighted by Gasteiger charge is -2.25. The molecule has 94 valence electrons. The first kappa shape index (κ1) is 13.6. The molecule has 0 fully saturated rings. The number of aromatic hydroxyl groups is 2. The number of rotatable bonds is 4. The van der Waals surface area contributed by atoms with Gasteiger partial charge in [-0.3, -0.25) is 4.79 Å². The highest BCUT2D eigenvalue weighted by molar-refractivity contribution is 6.17. The number of nitrogens with one attached hydrogen (secondary N) is 1. The van der Waals surface area contributed by atoms with Gasteiger partial charge in [-0.25, -0.2) is 0 Å². The van der Waals surface area contributed by atoms with E-state index in [2.05, 4.69) is 5.32 Å². The fraction of sp³-hybridized carbons (Fsp3) is 0.417. The summed E-state index contributed by atoms with van der Waals surface area (Å²) in [5.41, 5.74) is -0.608. The molecule has 17 heavy (non-hydrogen) atoms. The molecule has 4 nitrogen and oxygen atoms in total. The van der Waals surface area contributed by atoms with Gasteiger partial charge in [-0.05, 0) is 32.4 Å². The predicted octanol–water partition coefficient (Wildman–Crippen LogP) is 2.24. The van der Waals surface area contributed by atoms with Crippen molar-refractivity contribution in [1.29, 1.82) is 0 Å². The van der Waals surface area contributed by atoms with E-state index in [4.69, 9.17) is 11.6 Å². The summed E-state index contributed by atoms with van der Waals surface area (Å²) >= 11 is 5.63. The topological polar surface area (TPSA) is 69.6 Å². The van der Waals surface area contributed by atoms with E-state index in [1.54, 1.807) is 0 Å². The van der Waals surface area contributed by atoms with Crippen LogP contribution >= 0.6 is 11.6 Å². The fourth-order valence-electron chi connectivity index (χ4n) is 1.43. The fourth-order valence-corrected chi connectivity index (χ4v) is 1.90. The van der Waals surface area contributed by atoms with Crippen LogP contribution in [-0.2, 0) is 0 Å². The van der Waals surface area contributed by atoms with Gasteiger partial charge in [0.1, 0.15) is 17.1 Å². The molecular weight excluding hydrogens is 242 g/mol. The number of alkyl halides is 1. The monoisotopic (exact) mass is 257 g/mol. The van der Waals surface area contributed by atoms with Gasteiger partial charge in [0.25, 0.3) is 5.91 Å². The normalized spacial score (nSPS) is 11.2. The highest BCUT2D eigenvalue weighted by Crippen LogP contribution is 2.26. The van der Waals surface area contributed by atoms with Gasteiger partial charge in [0.15, 0.2) is 0 Å². The SMILES string of the molecule is CC(C)(CCCl)NC(=O)c1c(O)cccc1O. The quantitative estimate of drug-likeness (QED) is 0.725. The third-order valence-corrected chi connectivity index (χ3v) is 2.61. The Balaban J connectivity index is 2.91. The molecule has 1 aromatic carbocycles. The van der Waals surface area contributed by atoms with E-state index in [0.717, 1.165) is 0 Å². The Kier molecular flexibility index (Phi) is 4.23. The largest absolute Gasteiger partial charge is 0.507 e. The summed E-state index contributed by atoms with van der Waals surface area (Å²) in [7, 11) is 0. The molecule has 5 heteroatoms. The first-order valence-electron chi connectivity index (χ1n) is 5.27. The molecule has 0 heterocycles. The van der Waals surface area contributed by atoms with Crippen LogP contribution in [0.3, 0.4) is 0 Å². The van der Waals surface area contributed by atoms with E-state index in [1.807, 2.05) is 13.8 Å². The molecule has 0 aliphatic carbocycles. The third-order valence-electron chi connectivity index (χ3n) is 2.42. The Bertz CT molecular complexity index is 398. The molecule has 0 atom stereocenters. The average molecular weight is 258 g/mol. The lowest BCUT2D eigenvalue weighted by Crippen LogP contribution is -2.43. The van der Waals surface area contributed by atoms with E-state index in [9.17, 15) is 15.0 Å². The van der Waals surface area contributed by atoms with Crippen molar-refractivity contribution in [2.24, 2.45) is 0 Å². The molecule has 0 bridgehead atoms. The lowest BCUT2D eigenvalue weighted by atomic mass is 10.0. The summed E-state index contributed by atoms with van der Waals surface area (Å²) in [4.78, 5) is 11.9. The molecule has 3 N–H and O–H groups in total. The molecule has 1 amide bonds. The maximum Gasteiger partial charge on any atom is 0.259 e.